The Morgan fingerprint density at radius 2 is 1.30 bits per heavy atom. The fourth-order valence-electron chi connectivity index (χ4n) is 6.47. The Kier molecular flexibility index (Phi) is 14.3. The van der Waals surface area contributed by atoms with Crippen molar-refractivity contribution in [2.45, 2.75) is 75.8 Å². The van der Waals surface area contributed by atoms with Gasteiger partial charge in [-0.05, 0) is 76.2 Å². The number of carbonyl (C=O) groups excluding carboxylic acids is 2. The van der Waals surface area contributed by atoms with E-state index in [1.807, 2.05) is 30.3 Å². The van der Waals surface area contributed by atoms with Crippen molar-refractivity contribution in [1.29, 1.82) is 0 Å². The van der Waals surface area contributed by atoms with E-state index in [0.717, 1.165) is 49.1 Å². The maximum atomic E-state index is 12.9. The number of hydrogen-bond donors (Lipinski definition) is 4. The first-order chi connectivity index (χ1) is 25.7. The molecule has 0 amide bonds. The third kappa shape index (κ3) is 10.4. The quantitative estimate of drug-likeness (QED) is 0.0658. The molecule has 4 aromatic carbocycles. The fourth-order valence-corrected chi connectivity index (χ4v) is 6.47. The second-order valence-electron chi connectivity index (χ2n) is 14.1. The van der Waals surface area contributed by atoms with Gasteiger partial charge in [-0.3, -0.25) is 4.79 Å². The summed E-state index contributed by atoms with van der Waals surface area (Å²) < 4.78 is 10.8. The first kappa shape index (κ1) is 41.4. The number of carboxylic acids is 2. The Balaban J connectivity index is 0.000000241. The molecule has 1 saturated carbocycles. The minimum absolute atomic E-state index is 0.106. The fraction of sp³-hybridized carbons (Fsp3) is 0.349. The summed E-state index contributed by atoms with van der Waals surface area (Å²) in [6.07, 6.45) is 2.46. The Hall–Kier alpha value is -5.36. The molecule has 0 saturated heterocycles. The number of aryl methyl sites for hydroxylation is 2. The van der Waals surface area contributed by atoms with Crippen LogP contribution in [0.3, 0.4) is 0 Å². The summed E-state index contributed by atoms with van der Waals surface area (Å²) in [6, 6.07) is 29.8. The third-order valence-corrected chi connectivity index (χ3v) is 9.58. The van der Waals surface area contributed by atoms with Gasteiger partial charge in [0.15, 0.2) is 0 Å². The number of Topliss-reactive ketones (excluding diaryl/α,β-unsaturated/α-hetero) is 1. The van der Waals surface area contributed by atoms with E-state index in [1.54, 1.807) is 26.0 Å². The lowest BCUT2D eigenvalue weighted by molar-refractivity contribution is -0.176. The van der Waals surface area contributed by atoms with Crippen LogP contribution in [0.15, 0.2) is 103 Å². The lowest BCUT2D eigenvalue weighted by atomic mass is 9.72. The molecule has 11 heteroatoms. The molecule has 4 aromatic rings. The molecular formula is C43H49NO10. The van der Waals surface area contributed by atoms with Gasteiger partial charge in [0.2, 0.25) is 11.9 Å². The van der Waals surface area contributed by atoms with E-state index in [0.29, 0.717) is 6.61 Å². The number of esters is 1. The van der Waals surface area contributed by atoms with Crippen LogP contribution in [0.5, 0.6) is 5.75 Å². The van der Waals surface area contributed by atoms with E-state index in [1.165, 1.54) is 53.9 Å². The maximum Gasteiger partial charge on any atom is 0.360 e. The van der Waals surface area contributed by atoms with E-state index in [-0.39, 0.29) is 17.0 Å². The minimum Gasteiger partial charge on any atom is -0.489 e. The van der Waals surface area contributed by atoms with Crippen LogP contribution in [0.25, 0.3) is 0 Å². The lowest BCUT2D eigenvalue weighted by Gasteiger charge is -2.40. The van der Waals surface area contributed by atoms with Crippen molar-refractivity contribution < 1.29 is 49.1 Å². The Morgan fingerprint density at radius 3 is 1.80 bits per heavy atom. The van der Waals surface area contributed by atoms with Crippen molar-refractivity contribution in [2.75, 3.05) is 20.6 Å². The SMILES string of the molecule is CN(C)C[C@@H](c1ccc(OCc2ccccc2)cc1)C1(O)CCCCC1.Cc1ccc(C(=O)O[C@@](C(=O)O)(C(=O)c2ccc(C)cc2)[C@H](O)C(=O)O)cc1. The third-order valence-electron chi connectivity index (χ3n) is 9.58. The number of rotatable bonds is 14. The van der Waals surface area contributed by atoms with E-state index in [4.69, 9.17) is 14.6 Å². The number of nitrogens with zero attached hydrogens (tertiary/aromatic N) is 1. The molecule has 286 valence electrons. The van der Waals surface area contributed by atoms with Crippen LogP contribution in [0, 0.1) is 13.8 Å². The smallest absolute Gasteiger partial charge is 0.360 e. The molecule has 5 rings (SSSR count). The van der Waals surface area contributed by atoms with Crippen LogP contribution >= 0.6 is 0 Å². The van der Waals surface area contributed by atoms with Crippen LogP contribution < -0.4 is 4.74 Å². The van der Waals surface area contributed by atoms with Crippen molar-refractivity contribution in [2.24, 2.45) is 0 Å². The zero-order chi connectivity index (χ0) is 39.5. The van der Waals surface area contributed by atoms with Crippen molar-refractivity contribution in [3.8, 4) is 5.75 Å². The second-order valence-corrected chi connectivity index (χ2v) is 14.1. The molecule has 0 radical (unpaired) electrons. The lowest BCUT2D eigenvalue weighted by Crippen LogP contribution is -2.61. The monoisotopic (exact) mass is 739 g/mol. The average Bonchev–Trinajstić information content (AvgIpc) is 3.16. The molecule has 1 fully saturated rings. The highest BCUT2D eigenvalue weighted by molar-refractivity contribution is 6.19. The summed E-state index contributed by atoms with van der Waals surface area (Å²) in [5.74, 6) is -5.75. The van der Waals surface area contributed by atoms with Gasteiger partial charge in [0, 0.05) is 18.0 Å². The van der Waals surface area contributed by atoms with Crippen LogP contribution in [0.4, 0.5) is 0 Å². The maximum absolute atomic E-state index is 12.9. The molecule has 0 unspecified atom stereocenters. The van der Waals surface area contributed by atoms with Crippen LogP contribution in [-0.4, -0.2) is 87.0 Å². The van der Waals surface area contributed by atoms with Crippen molar-refractivity contribution in [3.63, 3.8) is 0 Å². The van der Waals surface area contributed by atoms with Gasteiger partial charge in [-0.1, -0.05) is 109 Å². The van der Waals surface area contributed by atoms with Crippen molar-refractivity contribution in [1.82, 2.24) is 4.90 Å². The molecule has 0 heterocycles. The Bertz CT molecular complexity index is 1850. The first-order valence-electron chi connectivity index (χ1n) is 17.9. The Morgan fingerprint density at radius 1 is 0.759 bits per heavy atom. The molecule has 0 bridgehead atoms. The molecule has 0 aromatic heterocycles. The molecule has 0 spiro atoms. The number of aliphatic hydroxyl groups excluding tert-OH is 1. The van der Waals surface area contributed by atoms with Crippen molar-refractivity contribution >= 4 is 23.7 Å². The summed E-state index contributed by atoms with van der Waals surface area (Å²) >= 11 is 0. The predicted molar refractivity (Wildman–Crippen MR) is 203 cm³/mol. The van der Waals surface area contributed by atoms with Gasteiger partial charge in [0.25, 0.3) is 0 Å². The zero-order valence-electron chi connectivity index (χ0n) is 31.1. The average molecular weight is 740 g/mol. The molecule has 0 aliphatic heterocycles. The first-order valence-corrected chi connectivity index (χ1v) is 17.9. The van der Waals surface area contributed by atoms with Gasteiger partial charge in [0.05, 0.1) is 11.2 Å². The number of carbonyl (C=O) groups is 4. The van der Waals surface area contributed by atoms with Gasteiger partial charge in [0.1, 0.15) is 12.4 Å². The predicted octanol–water partition coefficient (Wildman–Crippen LogP) is 6.22. The normalized spacial score (nSPS) is 15.8. The highest BCUT2D eigenvalue weighted by atomic mass is 16.6. The van der Waals surface area contributed by atoms with Gasteiger partial charge < -0.3 is 34.8 Å². The standard InChI is InChI=1S/C23H31NO2.C20H18O8/c1-24(2)17-22(23(25)15-7-4-8-16-23)20-11-13-21(14-12-20)26-18-19-9-5-3-6-10-19;1-11-3-7-13(8-4-11)15(21)20(19(26)27,16(22)17(23)24)28-18(25)14-9-5-12(2)6-10-14/h3,5-6,9-14,22,25H,4,7-8,15-18H2,1-2H3;3-10,16,22H,1-2H3,(H,23,24)(H,26,27)/t22-;16-,20+/m01/s1. The van der Waals surface area contributed by atoms with Gasteiger partial charge in [-0.15, -0.1) is 0 Å². The van der Waals surface area contributed by atoms with Crippen LogP contribution in [0.2, 0.25) is 0 Å². The summed E-state index contributed by atoms with van der Waals surface area (Å²) in [7, 11) is 4.16. The number of benzene rings is 4. The molecule has 54 heavy (non-hydrogen) atoms. The minimum atomic E-state index is -3.36. The number of hydrogen-bond acceptors (Lipinski definition) is 9. The molecule has 4 N–H and O–H groups in total. The van der Waals surface area contributed by atoms with Crippen LogP contribution in [0.1, 0.15) is 81.0 Å². The van der Waals surface area contributed by atoms with E-state index in [9.17, 15) is 34.5 Å². The summed E-state index contributed by atoms with van der Waals surface area (Å²) in [6.45, 7) is 4.92. The van der Waals surface area contributed by atoms with Crippen LogP contribution in [-0.2, 0) is 20.9 Å². The number of ether oxygens (including phenoxy) is 2. The summed E-state index contributed by atoms with van der Waals surface area (Å²) in [5, 5.41) is 40.2. The molecule has 1 aliphatic rings. The van der Waals surface area contributed by atoms with E-state index >= 15 is 0 Å². The van der Waals surface area contributed by atoms with Gasteiger partial charge in [-0.2, -0.15) is 0 Å². The summed E-state index contributed by atoms with van der Waals surface area (Å²) in [4.78, 5) is 50.8. The van der Waals surface area contributed by atoms with Gasteiger partial charge >= 0.3 is 23.5 Å². The zero-order valence-corrected chi connectivity index (χ0v) is 31.1. The number of aliphatic hydroxyl groups is 2. The molecule has 3 atom stereocenters. The second kappa shape index (κ2) is 18.6. The van der Waals surface area contributed by atoms with E-state index in [2.05, 4.69) is 43.3 Å². The van der Waals surface area contributed by atoms with E-state index < -0.39 is 41.0 Å². The number of likely N-dealkylation sites (N-methyl/N-ethyl adjacent to an activating group) is 1. The largest absolute Gasteiger partial charge is 0.489 e. The molecule has 11 nitrogen and oxygen atoms in total. The Labute approximate surface area is 315 Å². The van der Waals surface area contributed by atoms with Crippen molar-refractivity contribution in [3.05, 3.63) is 137 Å². The number of carboxylic acid groups (broad SMARTS) is 2. The highest BCUT2D eigenvalue weighted by Crippen LogP contribution is 2.40. The highest BCUT2D eigenvalue weighted by Gasteiger charge is 2.59. The topological polar surface area (TPSA) is 171 Å². The molecule has 1 aliphatic carbocycles. The number of aliphatic carboxylic acids is 2. The molecular weight excluding hydrogens is 690 g/mol. The number of ketones is 1. The summed E-state index contributed by atoms with van der Waals surface area (Å²) in [5.41, 5.74) is -0.350. The van der Waals surface area contributed by atoms with Gasteiger partial charge in [-0.25, -0.2) is 14.4 Å².